The fourth-order valence-electron chi connectivity index (χ4n) is 2.41. The lowest BCUT2D eigenvalue weighted by atomic mass is 10.2. The zero-order valence-corrected chi connectivity index (χ0v) is 12.4. The van der Waals surface area contributed by atoms with Crippen molar-refractivity contribution >= 4 is 23.2 Å². The number of piperazine rings is 1. The molecule has 0 bridgehead atoms. The van der Waals surface area contributed by atoms with Crippen molar-refractivity contribution in [2.45, 2.75) is 6.61 Å². The molecule has 0 radical (unpaired) electrons. The molecule has 5 nitrogen and oxygen atoms in total. The summed E-state index contributed by atoms with van der Waals surface area (Å²) in [6, 6.07) is 7.93. The second kappa shape index (κ2) is 6.28. The average Bonchev–Trinajstić information content (AvgIpc) is 2.56. The van der Waals surface area contributed by atoms with Crippen LogP contribution in [-0.2, 0) is 6.61 Å². The molecule has 110 valence electrons. The summed E-state index contributed by atoms with van der Waals surface area (Å²) in [6.07, 6.45) is 3.35. The van der Waals surface area contributed by atoms with E-state index in [1.54, 1.807) is 12.4 Å². The van der Waals surface area contributed by atoms with Crippen LogP contribution in [0.3, 0.4) is 0 Å². The van der Waals surface area contributed by atoms with E-state index in [1.807, 2.05) is 24.3 Å². The lowest BCUT2D eigenvalue weighted by molar-refractivity contribution is 0.281. The van der Waals surface area contributed by atoms with E-state index in [4.69, 9.17) is 16.7 Å². The van der Waals surface area contributed by atoms with E-state index >= 15 is 0 Å². The lowest BCUT2D eigenvalue weighted by Gasteiger charge is -2.36. The summed E-state index contributed by atoms with van der Waals surface area (Å²) in [4.78, 5) is 13.1. The SMILES string of the molecule is OCc1cnc(N2CCN(c3ccc(Cl)cc3)CC2)nc1. The van der Waals surface area contributed by atoms with Crippen LogP contribution < -0.4 is 9.80 Å². The number of anilines is 2. The molecule has 6 heteroatoms. The second-order valence-corrected chi connectivity index (χ2v) is 5.44. The third kappa shape index (κ3) is 3.25. The number of hydrogen-bond acceptors (Lipinski definition) is 5. The molecule has 1 aromatic carbocycles. The van der Waals surface area contributed by atoms with Gasteiger partial charge in [0.05, 0.1) is 6.61 Å². The first-order valence-corrected chi connectivity index (χ1v) is 7.31. The summed E-state index contributed by atoms with van der Waals surface area (Å²) in [5, 5.41) is 9.77. The van der Waals surface area contributed by atoms with Crippen LogP contribution in [0, 0.1) is 0 Å². The Hall–Kier alpha value is -1.85. The molecular weight excluding hydrogens is 288 g/mol. The third-order valence-electron chi connectivity index (χ3n) is 3.63. The maximum absolute atomic E-state index is 9.01. The minimum Gasteiger partial charge on any atom is -0.392 e. The molecule has 0 aliphatic carbocycles. The molecule has 0 amide bonds. The number of aromatic nitrogens is 2. The van der Waals surface area contributed by atoms with Crippen LogP contribution in [0.15, 0.2) is 36.7 Å². The smallest absolute Gasteiger partial charge is 0.225 e. The molecule has 3 rings (SSSR count). The number of aliphatic hydroxyl groups excluding tert-OH is 1. The van der Waals surface area contributed by atoms with Gasteiger partial charge >= 0.3 is 0 Å². The van der Waals surface area contributed by atoms with Crippen LogP contribution in [0.2, 0.25) is 5.02 Å². The Kier molecular flexibility index (Phi) is 4.22. The first-order chi connectivity index (χ1) is 10.3. The van der Waals surface area contributed by atoms with Crippen molar-refractivity contribution in [3.05, 3.63) is 47.2 Å². The molecule has 1 saturated heterocycles. The Morgan fingerprint density at radius 1 is 0.952 bits per heavy atom. The molecule has 0 spiro atoms. The van der Waals surface area contributed by atoms with E-state index < -0.39 is 0 Å². The first-order valence-electron chi connectivity index (χ1n) is 6.93. The molecule has 0 unspecified atom stereocenters. The molecule has 21 heavy (non-hydrogen) atoms. The van der Waals surface area contributed by atoms with Crippen molar-refractivity contribution in [1.29, 1.82) is 0 Å². The summed E-state index contributed by atoms with van der Waals surface area (Å²) >= 11 is 5.92. The average molecular weight is 305 g/mol. The Balaban J connectivity index is 1.62. The van der Waals surface area contributed by atoms with Crippen molar-refractivity contribution in [2.24, 2.45) is 0 Å². The monoisotopic (exact) mass is 304 g/mol. The first kappa shape index (κ1) is 14.1. The van der Waals surface area contributed by atoms with Crippen LogP contribution in [0.1, 0.15) is 5.56 Å². The molecule has 0 atom stereocenters. The van der Waals surface area contributed by atoms with Gasteiger partial charge in [-0.2, -0.15) is 0 Å². The maximum atomic E-state index is 9.01. The summed E-state index contributed by atoms with van der Waals surface area (Å²) in [6.45, 7) is 3.58. The summed E-state index contributed by atoms with van der Waals surface area (Å²) in [7, 11) is 0. The number of hydrogen-bond donors (Lipinski definition) is 1. The van der Waals surface area contributed by atoms with Crippen molar-refractivity contribution in [1.82, 2.24) is 9.97 Å². The highest BCUT2D eigenvalue weighted by Gasteiger charge is 2.19. The quantitative estimate of drug-likeness (QED) is 0.939. The largest absolute Gasteiger partial charge is 0.392 e. The van der Waals surface area contributed by atoms with Gasteiger partial charge in [0, 0.05) is 54.8 Å². The highest BCUT2D eigenvalue weighted by Crippen LogP contribution is 2.20. The van der Waals surface area contributed by atoms with Crippen molar-refractivity contribution < 1.29 is 5.11 Å². The van der Waals surface area contributed by atoms with Gasteiger partial charge in [0.1, 0.15) is 0 Å². The third-order valence-corrected chi connectivity index (χ3v) is 3.88. The minimum absolute atomic E-state index is 0.0232. The summed E-state index contributed by atoms with van der Waals surface area (Å²) in [5.74, 6) is 0.725. The standard InChI is InChI=1S/C15H17ClN4O/c16-13-1-3-14(4-2-13)19-5-7-20(8-6-19)15-17-9-12(11-21)10-18-15/h1-4,9-10,21H,5-8,11H2. The molecule has 1 aromatic heterocycles. The zero-order valence-electron chi connectivity index (χ0n) is 11.6. The van der Waals surface area contributed by atoms with Gasteiger partial charge in [-0.15, -0.1) is 0 Å². The topological polar surface area (TPSA) is 52.5 Å². The zero-order chi connectivity index (χ0) is 14.7. The highest BCUT2D eigenvalue weighted by atomic mass is 35.5. The van der Waals surface area contributed by atoms with Gasteiger partial charge in [-0.25, -0.2) is 9.97 Å². The molecule has 1 aliphatic rings. The van der Waals surface area contributed by atoms with E-state index in [-0.39, 0.29) is 6.61 Å². The van der Waals surface area contributed by atoms with Crippen LogP contribution >= 0.6 is 11.6 Å². The van der Waals surface area contributed by atoms with Crippen LogP contribution in [0.4, 0.5) is 11.6 Å². The van der Waals surface area contributed by atoms with E-state index in [2.05, 4.69) is 19.8 Å². The van der Waals surface area contributed by atoms with E-state index in [9.17, 15) is 0 Å². The van der Waals surface area contributed by atoms with Crippen molar-refractivity contribution in [2.75, 3.05) is 36.0 Å². The summed E-state index contributed by atoms with van der Waals surface area (Å²) in [5.41, 5.74) is 1.93. The Morgan fingerprint density at radius 2 is 1.52 bits per heavy atom. The van der Waals surface area contributed by atoms with Gasteiger partial charge in [-0.05, 0) is 24.3 Å². The van der Waals surface area contributed by atoms with Gasteiger partial charge in [0.2, 0.25) is 5.95 Å². The molecule has 2 aromatic rings. The predicted octanol–water partition coefficient (Wildman–Crippen LogP) is 1.95. The normalized spacial score (nSPS) is 15.3. The number of rotatable bonds is 3. The number of aliphatic hydroxyl groups is 1. The summed E-state index contributed by atoms with van der Waals surface area (Å²) < 4.78 is 0. The molecule has 1 N–H and O–H groups in total. The van der Waals surface area contributed by atoms with Gasteiger partial charge in [-0.1, -0.05) is 11.6 Å². The van der Waals surface area contributed by atoms with Gasteiger partial charge in [0.25, 0.3) is 0 Å². The molecule has 1 aliphatic heterocycles. The lowest BCUT2D eigenvalue weighted by Crippen LogP contribution is -2.47. The molecule has 0 saturated carbocycles. The fraction of sp³-hybridized carbons (Fsp3) is 0.333. The molecular formula is C15H17ClN4O. The van der Waals surface area contributed by atoms with Crippen LogP contribution in [-0.4, -0.2) is 41.3 Å². The van der Waals surface area contributed by atoms with Gasteiger partial charge < -0.3 is 14.9 Å². The predicted molar refractivity (Wildman–Crippen MR) is 83.8 cm³/mol. The van der Waals surface area contributed by atoms with Crippen molar-refractivity contribution in [3.63, 3.8) is 0 Å². The number of nitrogens with zero attached hydrogens (tertiary/aromatic N) is 4. The van der Waals surface area contributed by atoms with Gasteiger partial charge in [-0.3, -0.25) is 0 Å². The number of halogens is 1. The Labute approximate surface area is 128 Å². The Morgan fingerprint density at radius 3 is 2.10 bits per heavy atom. The molecule has 2 heterocycles. The minimum atomic E-state index is -0.0232. The van der Waals surface area contributed by atoms with Crippen molar-refractivity contribution in [3.8, 4) is 0 Å². The van der Waals surface area contributed by atoms with E-state index in [1.165, 1.54) is 5.69 Å². The van der Waals surface area contributed by atoms with Crippen LogP contribution in [0.5, 0.6) is 0 Å². The maximum Gasteiger partial charge on any atom is 0.225 e. The fourth-order valence-corrected chi connectivity index (χ4v) is 2.54. The molecule has 1 fully saturated rings. The van der Waals surface area contributed by atoms with E-state index in [0.29, 0.717) is 0 Å². The van der Waals surface area contributed by atoms with Gasteiger partial charge in [0.15, 0.2) is 0 Å². The highest BCUT2D eigenvalue weighted by molar-refractivity contribution is 6.30. The van der Waals surface area contributed by atoms with E-state index in [0.717, 1.165) is 42.7 Å². The number of benzene rings is 1. The Bertz CT molecular complexity index is 580. The second-order valence-electron chi connectivity index (χ2n) is 5.00. The van der Waals surface area contributed by atoms with Crippen LogP contribution in [0.25, 0.3) is 0 Å².